The van der Waals surface area contributed by atoms with Crippen LogP contribution in [0.25, 0.3) is 10.9 Å². The van der Waals surface area contributed by atoms with Crippen LogP contribution in [-0.4, -0.2) is 49.1 Å². The number of aromatic nitrogens is 1. The summed E-state index contributed by atoms with van der Waals surface area (Å²) in [5.41, 5.74) is 2.11. The lowest BCUT2D eigenvalue weighted by molar-refractivity contribution is -0.141. The molecule has 0 fully saturated rings. The molecule has 0 atom stereocenters. The number of ether oxygens (including phenoxy) is 2. The van der Waals surface area contributed by atoms with E-state index in [1.54, 1.807) is 0 Å². The second-order valence-electron chi connectivity index (χ2n) is 6.32. The minimum Gasteiger partial charge on any atom is -0.466 e. The molecule has 0 spiro atoms. The van der Waals surface area contributed by atoms with Crippen molar-refractivity contribution in [3.05, 3.63) is 30.0 Å². The number of carbonyl (C=O) groups excluding carboxylic acids is 2. The van der Waals surface area contributed by atoms with E-state index >= 15 is 0 Å². The van der Waals surface area contributed by atoms with Crippen LogP contribution >= 0.6 is 0 Å². The van der Waals surface area contributed by atoms with Crippen molar-refractivity contribution >= 4 is 22.8 Å². The molecule has 0 bridgehead atoms. The largest absolute Gasteiger partial charge is 0.466 e. The summed E-state index contributed by atoms with van der Waals surface area (Å²) < 4.78 is 10.4. The number of aromatic amines is 1. The fraction of sp³-hybridized carbons (Fsp3) is 0.474. The highest BCUT2D eigenvalue weighted by molar-refractivity contribution is 5.91. The van der Waals surface area contributed by atoms with E-state index in [-0.39, 0.29) is 11.9 Å². The SMILES string of the molecule is CC(=O)OCCCCC(=O)Oc1cccc2[nH]cc(CCN(C)C)c12. The minimum atomic E-state index is -0.299. The number of rotatable bonds is 9. The second kappa shape index (κ2) is 9.22. The molecule has 1 heterocycles. The molecule has 6 nitrogen and oxygen atoms in total. The van der Waals surface area contributed by atoms with Crippen LogP contribution in [0.1, 0.15) is 31.7 Å². The first-order valence-electron chi connectivity index (χ1n) is 8.55. The molecule has 1 aromatic heterocycles. The van der Waals surface area contributed by atoms with E-state index in [9.17, 15) is 9.59 Å². The summed E-state index contributed by atoms with van der Waals surface area (Å²) in [6, 6.07) is 5.68. The highest BCUT2D eigenvalue weighted by Gasteiger charge is 2.13. The summed E-state index contributed by atoms with van der Waals surface area (Å²) in [5.74, 6) is 0.0274. The van der Waals surface area contributed by atoms with Gasteiger partial charge in [0.05, 0.1) is 6.61 Å². The molecular weight excluding hydrogens is 320 g/mol. The number of hydrogen-bond donors (Lipinski definition) is 1. The number of likely N-dealkylation sites (N-methyl/N-ethyl adjacent to an activating group) is 1. The van der Waals surface area contributed by atoms with E-state index in [1.807, 2.05) is 38.5 Å². The van der Waals surface area contributed by atoms with E-state index in [0.717, 1.165) is 29.4 Å². The molecule has 2 aromatic rings. The lowest BCUT2D eigenvalue weighted by Crippen LogP contribution is -2.15. The van der Waals surface area contributed by atoms with Gasteiger partial charge < -0.3 is 19.4 Å². The minimum absolute atomic E-state index is 0.268. The van der Waals surface area contributed by atoms with Gasteiger partial charge in [-0.25, -0.2) is 0 Å². The predicted molar refractivity (Wildman–Crippen MR) is 96.7 cm³/mol. The van der Waals surface area contributed by atoms with Gasteiger partial charge in [-0.15, -0.1) is 0 Å². The van der Waals surface area contributed by atoms with Crippen LogP contribution in [0, 0.1) is 0 Å². The maximum atomic E-state index is 12.1. The van der Waals surface area contributed by atoms with E-state index in [1.165, 1.54) is 6.92 Å². The molecule has 0 saturated carbocycles. The fourth-order valence-electron chi connectivity index (χ4n) is 2.61. The Kier molecular flexibility index (Phi) is 7.01. The zero-order valence-electron chi connectivity index (χ0n) is 15.1. The Balaban J connectivity index is 1.96. The third-order valence-electron chi connectivity index (χ3n) is 3.88. The summed E-state index contributed by atoms with van der Waals surface area (Å²) in [4.78, 5) is 28.2. The van der Waals surface area contributed by atoms with Gasteiger partial charge in [-0.1, -0.05) is 6.07 Å². The molecule has 0 aliphatic rings. The van der Waals surface area contributed by atoms with E-state index in [4.69, 9.17) is 9.47 Å². The van der Waals surface area contributed by atoms with Crippen LogP contribution < -0.4 is 4.74 Å². The van der Waals surface area contributed by atoms with Crippen LogP contribution in [0.15, 0.2) is 24.4 Å². The number of nitrogens with one attached hydrogen (secondary N) is 1. The van der Waals surface area contributed by atoms with Crippen molar-refractivity contribution in [3.63, 3.8) is 0 Å². The monoisotopic (exact) mass is 346 g/mol. The molecule has 1 aromatic carbocycles. The highest BCUT2D eigenvalue weighted by atomic mass is 16.5. The lowest BCUT2D eigenvalue weighted by atomic mass is 10.1. The number of fused-ring (bicyclic) bond motifs is 1. The Morgan fingerprint density at radius 2 is 2.00 bits per heavy atom. The molecule has 0 aliphatic carbocycles. The number of unbranched alkanes of at least 4 members (excludes halogenated alkanes) is 1. The van der Waals surface area contributed by atoms with Gasteiger partial charge in [-0.3, -0.25) is 9.59 Å². The number of nitrogens with zero attached hydrogens (tertiary/aromatic N) is 1. The van der Waals surface area contributed by atoms with Crippen molar-refractivity contribution in [2.24, 2.45) is 0 Å². The van der Waals surface area contributed by atoms with Gasteiger partial charge in [0.1, 0.15) is 5.75 Å². The Morgan fingerprint density at radius 1 is 1.20 bits per heavy atom. The summed E-state index contributed by atoms with van der Waals surface area (Å²) in [7, 11) is 4.07. The van der Waals surface area contributed by atoms with Gasteiger partial charge in [0.25, 0.3) is 0 Å². The van der Waals surface area contributed by atoms with Crippen LogP contribution in [0.5, 0.6) is 5.75 Å². The summed E-state index contributed by atoms with van der Waals surface area (Å²) in [6.07, 6.45) is 4.43. The molecule has 0 saturated heterocycles. The first-order chi connectivity index (χ1) is 12.0. The van der Waals surface area contributed by atoms with Crippen molar-refractivity contribution in [2.75, 3.05) is 27.2 Å². The van der Waals surface area contributed by atoms with Gasteiger partial charge >= 0.3 is 11.9 Å². The van der Waals surface area contributed by atoms with Crippen molar-refractivity contribution in [1.82, 2.24) is 9.88 Å². The molecular formula is C19H26N2O4. The average Bonchev–Trinajstić information content (AvgIpc) is 2.96. The zero-order chi connectivity index (χ0) is 18.2. The third kappa shape index (κ3) is 5.90. The maximum absolute atomic E-state index is 12.1. The van der Waals surface area contributed by atoms with Gasteiger partial charge in [0.15, 0.2) is 0 Å². The van der Waals surface area contributed by atoms with Gasteiger partial charge in [-0.2, -0.15) is 0 Å². The summed E-state index contributed by atoms with van der Waals surface area (Å²) >= 11 is 0. The van der Waals surface area contributed by atoms with Crippen molar-refractivity contribution in [2.45, 2.75) is 32.6 Å². The van der Waals surface area contributed by atoms with Crippen LogP contribution in [0.3, 0.4) is 0 Å². The van der Waals surface area contributed by atoms with Crippen LogP contribution in [0.4, 0.5) is 0 Å². The molecule has 1 N–H and O–H groups in total. The summed E-state index contributed by atoms with van der Waals surface area (Å²) in [5, 5.41) is 0.970. The molecule has 2 rings (SSSR count). The van der Waals surface area contributed by atoms with E-state index < -0.39 is 0 Å². The Labute approximate surface area is 148 Å². The quantitative estimate of drug-likeness (QED) is 0.429. The zero-order valence-corrected chi connectivity index (χ0v) is 15.1. The first kappa shape index (κ1) is 19.0. The molecule has 136 valence electrons. The maximum Gasteiger partial charge on any atom is 0.311 e. The fourth-order valence-corrected chi connectivity index (χ4v) is 2.61. The smallest absolute Gasteiger partial charge is 0.311 e. The number of benzene rings is 1. The number of esters is 2. The predicted octanol–water partition coefficient (Wildman–Crippen LogP) is 2.91. The normalized spacial score (nSPS) is 11.0. The van der Waals surface area contributed by atoms with Crippen molar-refractivity contribution < 1.29 is 19.1 Å². The van der Waals surface area contributed by atoms with Crippen LogP contribution in [-0.2, 0) is 20.7 Å². The van der Waals surface area contributed by atoms with Gasteiger partial charge in [0, 0.05) is 37.0 Å². The Bertz CT molecular complexity index is 721. The second-order valence-corrected chi connectivity index (χ2v) is 6.32. The molecule has 0 unspecified atom stereocenters. The first-order valence-corrected chi connectivity index (χ1v) is 8.55. The topological polar surface area (TPSA) is 71.6 Å². The highest BCUT2D eigenvalue weighted by Crippen LogP contribution is 2.29. The Morgan fingerprint density at radius 3 is 2.72 bits per heavy atom. The van der Waals surface area contributed by atoms with Crippen molar-refractivity contribution in [1.29, 1.82) is 0 Å². The average molecular weight is 346 g/mol. The molecule has 0 aliphatic heterocycles. The van der Waals surface area contributed by atoms with Gasteiger partial charge in [-0.05, 0) is 51.1 Å². The number of H-pyrrole nitrogens is 1. The number of hydrogen-bond acceptors (Lipinski definition) is 5. The van der Waals surface area contributed by atoms with E-state index in [2.05, 4.69) is 9.88 Å². The van der Waals surface area contributed by atoms with Gasteiger partial charge in [0.2, 0.25) is 0 Å². The lowest BCUT2D eigenvalue weighted by Gasteiger charge is -2.10. The standard InChI is InChI=1S/C19H26N2O4/c1-14(22)24-12-5-4-9-18(23)25-17-8-6-7-16-19(17)15(13-20-16)10-11-21(2)3/h6-8,13,20H,4-5,9-12H2,1-3H3. The van der Waals surface area contributed by atoms with Crippen molar-refractivity contribution in [3.8, 4) is 5.75 Å². The molecule has 25 heavy (non-hydrogen) atoms. The third-order valence-corrected chi connectivity index (χ3v) is 3.88. The Hall–Kier alpha value is -2.34. The molecule has 0 radical (unpaired) electrons. The molecule has 0 amide bonds. The molecule has 6 heteroatoms. The van der Waals surface area contributed by atoms with Crippen LogP contribution in [0.2, 0.25) is 0 Å². The number of carbonyl (C=O) groups is 2. The summed E-state index contributed by atoms with van der Waals surface area (Å²) in [6.45, 7) is 2.63. The van der Waals surface area contributed by atoms with E-state index in [0.29, 0.717) is 31.6 Å².